The molecule has 7 heteroatoms. The van der Waals surface area contributed by atoms with E-state index < -0.39 is 16.0 Å². The summed E-state index contributed by atoms with van der Waals surface area (Å²) < 4.78 is 26.2. The van der Waals surface area contributed by atoms with Crippen LogP contribution in [0.2, 0.25) is 0 Å². The van der Waals surface area contributed by atoms with Crippen LogP contribution in [0.4, 0.5) is 0 Å². The monoisotopic (exact) mass is 309 g/mol. The molecular formula is C13H20NNaO4S. The van der Waals surface area contributed by atoms with Crippen molar-refractivity contribution in [2.75, 3.05) is 13.1 Å². The Balaban J connectivity index is 0.00000361. The van der Waals surface area contributed by atoms with Crippen LogP contribution in [0.25, 0.3) is 0 Å². The molecule has 0 bridgehead atoms. The van der Waals surface area contributed by atoms with Crippen LogP contribution in [0.5, 0.6) is 0 Å². The van der Waals surface area contributed by atoms with E-state index in [-0.39, 0.29) is 40.0 Å². The Kier molecular flexibility index (Phi) is 8.62. The van der Waals surface area contributed by atoms with Gasteiger partial charge in [-0.25, -0.2) is 13.2 Å². The predicted molar refractivity (Wildman–Crippen MR) is 79.9 cm³/mol. The van der Waals surface area contributed by atoms with Gasteiger partial charge in [-0.15, -0.1) is 0 Å². The molecule has 0 spiro atoms. The molecule has 1 aromatic carbocycles. The molecule has 0 aliphatic carbocycles. The average molecular weight is 309 g/mol. The third kappa shape index (κ3) is 4.86. The van der Waals surface area contributed by atoms with Crippen molar-refractivity contribution >= 4 is 45.5 Å². The van der Waals surface area contributed by atoms with Gasteiger partial charge < -0.3 is 5.11 Å². The summed E-state index contributed by atoms with van der Waals surface area (Å²) >= 11 is 0. The molecule has 20 heavy (non-hydrogen) atoms. The van der Waals surface area contributed by atoms with E-state index in [4.69, 9.17) is 5.11 Å². The van der Waals surface area contributed by atoms with Gasteiger partial charge in [0.2, 0.25) is 10.0 Å². The van der Waals surface area contributed by atoms with Crippen molar-refractivity contribution in [3.8, 4) is 0 Å². The van der Waals surface area contributed by atoms with Crippen LogP contribution in [-0.4, -0.2) is 66.4 Å². The first-order valence-corrected chi connectivity index (χ1v) is 7.71. The minimum absolute atomic E-state index is 0. The number of benzene rings is 1. The van der Waals surface area contributed by atoms with Crippen LogP contribution in [0.15, 0.2) is 29.2 Å². The van der Waals surface area contributed by atoms with E-state index in [9.17, 15) is 13.2 Å². The third-order valence-electron chi connectivity index (χ3n) is 2.69. The number of carboxylic acids is 1. The van der Waals surface area contributed by atoms with Gasteiger partial charge in [0.15, 0.2) is 0 Å². The molecule has 108 valence electrons. The van der Waals surface area contributed by atoms with E-state index in [0.29, 0.717) is 13.1 Å². The average Bonchev–Trinajstić information content (AvgIpc) is 2.38. The molecule has 0 saturated heterocycles. The van der Waals surface area contributed by atoms with Gasteiger partial charge in [-0.05, 0) is 37.1 Å². The van der Waals surface area contributed by atoms with Crippen molar-refractivity contribution in [3.05, 3.63) is 29.8 Å². The molecule has 0 radical (unpaired) electrons. The quantitative estimate of drug-likeness (QED) is 0.775. The maximum absolute atomic E-state index is 12.4. The van der Waals surface area contributed by atoms with Crippen LogP contribution in [0, 0.1) is 0 Å². The molecule has 0 aliphatic heterocycles. The van der Waals surface area contributed by atoms with E-state index in [2.05, 4.69) is 0 Å². The second-order valence-corrected chi connectivity index (χ2v) is 6.17. The van der Waals surface area contributed by atoms with Crippen molar-refractivity contribution in [1.29, 1.82) is 0 Å². The van der Waals surface area contributed by atoms with Gasteiger partial charge in [0.25, 0.3) is 0 Å². The molecule has 1 aromatic rings. The first kappa shape index (κ1) is 19.6. The predicted octanol–water partition coefficient (Wildman–Crippen LogP) is 1.55. The number of nitrogens with zero attached hydrogens (tertiary/aromatic N) is 1. The zero-order chi connectivity index (χ0) is 14.5. The fraction of sp³-hybridized carbons (Fsp3) is 0.462. The molecule has 0 unspecified atom stereocenters. The van der Waals surface area contributed by atoms with Crippen molar-refractivity contribution in [3.63, 3.8) is 0 Å². The molecule has 1 N–H and O–H groups in total. The number of carbonyl (C=O) groups is 1. The summed E-state index contributed by atoms with van der Waals surface area (Å²) in [6.07, 6.45) is 1.48. The normalized spacial score (nSPS) is 11.2. The molecule has 0 amide bonds. The number of aromatic carboxylic acids is 1. The van der Waals surface area contributed by atoms with Crippen molar-refractivity contribution in [2.45, 2.75) is 31.6 Å². The summed E-state index contributed by atoms with van der Waals surface area (Å²) in [5.41, 5.74) is 0.0801. The van der Waals surface area contributed by atoms with Crippen LogP contribution in [-0.2, 0) is 10.0 Å². The number of hydrogen-bond acceptors (Lipinski definition) is 3. The van der Waals surface area contributed by atoms with E-state index >= 15 is 0 Å². The Labute approximate surface area is 142 Å². The van der Waals surface area contributed by atoms with Gasteiger partial charge in [-0.3, -0.25) is 0 Å². The third-order valence-corrected chi connectivity index (χ3v) is 4.60. The second-order valence-electron chi connectivity index (χ2n) is 4.23. The standard InChI is InChI=1S/C13H19NO4S.Na.H/c1-3-9-14(10-4-2)19(17,18)12-7-5-11(6-8-12)13(15)16;;/h5-8H,3-4,9-10H2,1-2H3,(H,15,16);;. The number of carboxylic acid groups (broad SMARTS) is 1. The van der Waals surface area contributed by atoms with Gasteiger partial charge in [-0.1, -0.05) is 13.8 Å². The van der Waals surface area contributed by atoms with Crippen LogP contribution < -0.4 is 0 Å². The number of hydrogen-bond donors (Lipinski definition) is 1. The zero-order valence-corrected chi connectivity index (χ0v) is 12.0. The van der Waals surface area contributed by atoms with Crippen LogP contribution in [0.3, 0.4) is 0 Å². The molecule has 0 atom stereocenters. The Morgan fingerprint density at radius 3 is 1.90 bits per heavy atom. The molecule has 1 rings (SSSR count). The zero-order valence-electron chi connectivity index (χ0n) is 11.2. The molecule has 0 saturated carbocycles. The Bertz CT molecular complexity index is 522. The van der Waals surface area contributed by atoms with Crippen molar-refractivity contribution in [2.24, 2.45) is 0 Å². The second kappa shape index (κ2) is 8.79. The fourth-order valence-corrected chi connectivity index (χ4v) is 3.39. The van der Waals surface area contributed by atoms with Crippen molar-refractivity contribution in [1.82, 2.24) is 4.31 Å². The molecule has 0 aliphatic rings. The Morgan fingerprint density at radius 1 is 1.10 bits per heavy atom. The van der Waals surface area contributed by atoms with Gasteiger partial charge in [-0.2, -0.15) is 4.31 Å². The Hall–Kier alpha value is -0.400. The van der Waals surface area contributed by atoms with Gasteiger partial charge in [0, 0.05) is 13.1 Å². The molecule has 0 fully saturated rings. The van der Waals surface area contributed by atoms with E-state index in [0.717, 1.165) is 12.8 Å². The first-order valence-electron chi connectivity index (χ1n) is 6.27. The summed E-state index contributed by atoms with van der Waals surface area (Å²) in [6.45, 7) is 4.78. The van der Waals surface area contributed by atoms with E-state index in [1.807, 2.05) is 13.8 Å². The van der Waals surface area contributed by atoms with E-state index in [1.165, 1.54) is 28.6 Å². The van der Waals surface area contributed by atoms with Gasteiger partial charge >= 0.3 is 35.5 Å². The van der Waals surface area contributed by atoms with Crippen LogP contribution >= 0.6 is 0 Å². The summed E-state index contributed by atoms with van der Waals surface area (Å²) in [6, 6.07) is 5.31. The first-order chi connectivity index (χ1) is 8.93. The summed E-state index contributed by atoms with van der Waals surface area (Å²) in [5.74, 6) is -1.07. The SMILES string of the molecule is CCCN(CCC)S(=O)(=O)c1ccc(C(=O)O)cc1.[NaH]. The molecule has 5 nitrogen and oxygen atoms in total. The summed E-state index contributed by atoms with van der Waals surface area (Å²) in [7, 11) is -3.53. The van der Waals surface area contributed by atoms with Crippen molar-refractivity contribution < 1.29 is 18.3 Å². The summed E-state index contributed by atoms with van der Waals surface area (Å²) in [4.78, 5) is 10.9. The van der Waals surface area contributed by atoms with Gasteiger partial charge in [0.1, 0.15) is 0 Å². The number of sulfonamides is 1. The molecular weight excluding hydrogens is 289 g/mol. The fourth-order valence-electron chi connectivity index (χ4n) is 1.77. The Morgan fingerprint density at radius 2 is 1.55 bits per heavy atom. The maximum atomic E-state index is 12.4. The summed E-state index contributed by atoms with van der Waals surface area (Å²) in [5, 5.41) is 8.80. The van der Waals surface area contributed by atoms with E-state index in [1.54, 1.807) is 0 Å². The topological polar surface area (TPSA) is 74.7 Å². The number of rotatable bonds is 7. The van der Waals surface area contributed by atoms with Crippen LogP contribution in [0.1, 0.15) is 37.0 Å². The molecule has 0 aromatic heterocycles. The minimum atomic E-state index is -3.53. The van der Waals surface area contributed by atoms with Gasteiger partial charge in [0.05, 0.1) is 10.5 Å². The molecule has 0 heterocycles.